The quantitative estimate of drug-likeness (QED) is 0.383. The number of hydrogen-bond donors (Lipinski definition) is 0. The van der Waals surface area contributed by atoms with Crippen molar-refractivity contribution in [1.29, 1.82) is 0 Å². The first-order valence-electron chi connectivity index (χ1n) is 8.09. The summed E-state index contributed by atoms with van der Waals surface area (Å²) in [6.45, 7) is 9.38. The molecule has 108 valence electrons. The van der Waals surface area contributed by atoms with Gasteiger partial charge in [-0.2, -0.15) is 0 Å². The third-order valence-electron chi connectivity index (χ3n) is 4.11. The van der Waals surface area contributed by atoms with E-state index >= 15 is 0 Å². The summed E-state index contributed by atoms with van der Waals surface area (Å²) in [6, 6.07) is 0. The van der Waals surface area contributed by atoms with Gasteiger partial charge in [-0.1, -0.05) is 0 Å². The molecule has 0 heterocycles. The van der Waals surface area contributed by atoms with Gasteiger partial charge >= 0.3 is 117 Å². The Kier molecular flexibility index (Phi) is 18.6. The van der Waals surface area contributed by atoms with Crippen molar-refractivity contribution in [1.82, 2.24) is 0 Å². The first-order chi connectivity index (χ1) is 8.28. The van der Waals surface area contributed by atoms with Crippen LogP contribution in [0.5, 0.6) is 0 Å². The van der Waals surface area contributed by atoms with Crippen LogP contribution in [0.4, 0.5) is 0 Å². The number of hydrogen-bond acceptors (Lipinski definition) is 0. The van der Waals surface area contributed by atoms with E-state index in [9.17, 15) is 0 Å². The van der Waals surface area contributed by atoms with Crippen LogP contribution >= 0.6 is 0 Å². The third kappa shape index (κ3) is 11.9. The maximum Gasteiger partial charge on any atom is -1.00 e. The molecular formula is C16H34AlCl. The predicted molar refractivity (Wildman–Crippen MR) is 82.0 cm³/mol. The molecule has 0 saturated carbocycles. The average Bonchev–Trinajstić information content (AvgIpc) is 2.35. The van der Waals surface area contributed by atoms with Crippen LogP contribution in [0, 0.1) is 11.8 Å². The van der Waals surface area contributed by atoms with Gasteiger partial charge in [-0.15, -0.1) is 0 Å². The Balaban J connectivity index is 0. The first kappa shape index (κ1) is 21.1. The summed E-state index contributed by atoms with van der Waals surface area (Å²) in [5.74, 6) is 2.07. The number of halogens is 1. The van der Waals surface area contributed by atoms with E-state index in [0.717, 1.165) is 27.1 Å². The van der Waals surface area contributed by atoms with Crippen LogP contribution < -0.4 is 12.4 Å². The fraction of sp³-hybridized carbons (Fsp3) is 1.00. The van der Waals surface area contributed by atoms with Crippen molar-refractivity contribution < 1.29 is 12.4 Å². The molecule has 0 saturated heterocycles. The fourth-order valence-corrected chi connectivity index (χ4v) is 4.48. The Hall–Kier alpha value is 0.822. The average molecular weight is 289 g/mol. The van der Waals surface area contributed by atoms with E-state index < -0.39 is 0 Å². The molecule has 0 aliphatic rings. The topological polar surface area (TPSA) is 0 Å². The summed E-state index contributed by atoms with van der Waals surface area (Å²) in [5.41, 5.74) is 0. The van der Waals surface area contributed by atoms with Gasteiger partial charge in [0.2, 0.25) is 0 Å². The molecule has 0 spiro atoms. The molecule has 0 aliphatic heterocycles. The van der Waals surface area contributed by atoms with Crippen LogP contribution in [0.2, 0.25) is 10.6 Å². The van der Waals surface area contributed by atoms with Gasteiger partial charge in [-0.05, 0) is 0 Å². The molecule has 0 N–H and O–H groups in total. The molecule has 2 heteroatoms. The maximum absolute atomic E-state index is 2.37. The van der Waals surface area contributed by atoms with Crippen molar-refractivity contribution in [3.05, 3.63) is 0 Å². The Labute approximate surface area is 129 Å². The molecule has 0 fully saturated rings. The van der Waals surface area contributed by atoms with Crippen LogP contribution in [-0.4, -0.2) is 15.2 Å². The molecule has 0 nitrogen and oxygen atoms in total. The summed E-state index contributed by atoms with van der Waals surface area (Å²) in [6.07, 6.45) is 11.5. The van der Waals surface area contributed by atoms with E-state index in [4.69, 9.17) is 0 Å². The second kappa shape index (κ2) is 15.9. The smallest absolute Gasteiger partial charge is 1.00 e. The van der Waals surface area contributed by atoms with E-state index in [2.05, 4.69) is 27.7 Å². The molecule has 2 atom stereocenters. The molecule has 0 aromatic heterocycles. The van der Waals surface area contributed by atoms with Gasteiger partial charge in [-0.3, -0.25) is 0 Å². The molecule has 0 aliphatic carbocycles. The molecule has 0 aromatic rings. The summed E-state index contributed by atoms with van der Waals surface area (Å²) in [7, 11) is 0. The van der Waals surface area contributed by atoms with Crippen LogP contribution in [0.3, 0.4) is 0 Å². The molecule has 0 aromatic carbocycles. The van der Waals surface area contributed by atoms with Crippen LogP contribution in [0.25, 0.3) is 0 Å². The van der Waals surface area contributed by atoms with E-state index in [1.165, 1.54) is 51.4 Å². The normalized spacial score (nSPS) is 13.6. The summed E-state index contributed by atoms with van der Waals surface area (Å²) >= 11 is 0.753. The molecule has 18 heavy (non-hydrogen) atoms. The number of rotatable bonds is 12. The minimum absolute atomic E-state index is 0. The molecular weight excluding hydrogens is 255 g/mol. The molecule has 0 amide bonds. The van der Waals surface area contributed by atoms with Gasteiger partial charge in [-0.25, -0.2) is 0 Å². The fourth-order valence-electron chi connectivity index (χ4n) is 2.77. The van der Waals surface area contributed by atoms with Crippen LogP contribution in [-0.2, 0) is 0 Å². The van der Waals surface area contributed by atoms with Gasteiger partial charge in [0, 0.05) is 0 Å². The zero-order valence-corrected chi connectivity index (χ0v) is 15.1. The second-order valence-corrected chi connectivity index (χ2v) is 7.30. The van der Waals surface area contributed by atoms with Crippen molar-refractivity contribution in [2.24, 2.45) is 11.8 Å². The van der Waals surface area contributed by atoms with Gasteiger partial charge in [0.15, 0.2) is 0 Å². The van der Waals surface area contributed by atoms with Crippen molar-refractivity contribution in [3.63, 3.8) is 0 Å². The molecule has 2 unspecified atom stereocenters. The zero-order chi connectivity index (χ0) is 12.9. The Morgan fingerprint density at radius 3 is 1.33 bits per heavy atom. The van der Waals surface area contributed by atoms with Gasteiger partial charge in [0.05, 0.1) is 0 Å². The largest absolute Gasteiger partial charge is 1.00 e. The second-order valence-electron chi connectivity index (χ2n) is 5.57. The van der Waals surface area contributed by atoms with Crippen molar-refractivity contribution in [3.8, 4) is 0 Å². The molecule has 0 radical (unpaired) electrons. The van der Waals surface area contributed by atoms with E-state index in [1.54, 1.807) is 10.6 Å². The maximum atomic E-state index is 2.37. The Bertz CT molecular complexity index is 134. The monoisotopic (exact) mass is 288 g/mol. The van der Waals surface area contributed by atoms with Crippen molar-refractivity contribution in [2.45, 2.75) is 89.6 Å². The Morgan fingerprint density at radius 2 is 1.06 bits per heavy atom. The first-order valence-corrected chi connectivity index (χ1v) is 9.73. The van der Waals surface area contributed by atoms with Crippen molar-refractivity contribution >= 4 is 15.2 Å². The minimum atomic E-state index is 0. The SMILES string of the molecule is CCCC(CC)C[CH2][Al+][CH2]CC(CC)CCC.[Cl-]. The van der Waals surface area contributed by atoms with E-state index in [0.29, 0.717) is 0 Å². The summed E-state index contributed by atoms with van der Waals surface area (Å²) in [4.78, 5) is 0. The third-order valence-corrected chi connectivity index (χ3v) is 5.59. The Morgan fingerprint density at radius 1 is 0.667 bits per heavy atom. The van der Waals surface area contributed by atoms with Crippen molar-refractivity contribution in [2.75, 3.05) is 0 Å². The standard InChI is InChI=1S/2C8H17.Al.ClH/c2*1-4-7-8(5-2)6-3;;/h2*8H,2,4-7H2,1,3H3;;1H/q;;+1;/p-1. The van der Waals surface area contributed by atoms with E-state index in [-0.39, 0.29) is 12.4 Å². The van der Waals surface area contributed by atoms with Gasteiger partial charge in [0.1, 0.15) is 0 Å². The molecule has 0 bridgehead atoms. The zero-order valence-electron chi connectivity index (χ0n) is 13.2. The van der Waals surface area contributed by atoms with Gasteiger partial charge < -0.3 is 12.4 Å². The van der Waals surface area contributed by atoms with E-state index in [1.807, 2.05) is 0 Å². The molecule has 0 rings (SSSR count). The van der Waals surface area contributed by atoms with Gasteiger partial charge in [0.25, 0.3) is 0 Å². The van der Waals surface area contributed by atoms with Crippen LogP contribution in [0.15, 0.2) is 0 Å². The van der Waals surface area contributed by atoms with Crippen LogP contribution in [0.1, 0.15) is 79.1 Å². The summed E-state index contributed by atoms with van der Waals surface area (Å²) < 4.78 is 0. The summed E-state index contributed by atoms with van der Waals surface area (Å²) in [5, 5.41) is 3.11. The minimum Gasteiger partial charge on any atom is -1.00 e. The predicted octanol–water partition coefficient (Wildman–Crippen LogP) is 2.96.